The molecule has 0 spiro atoms. The minimum absolute atomic E-state index is 0.213. The maximum Gasteiger partial charge on any atom is 0.138 e. The van der Waals surface area contributed by atoms with E-state index >= 15 is 0 Å². The lowest BCUT2D eigenvalue weighted by Gasteiger charge is -2.20. The predicted molar refractivity (Wildman–Crippen MR) is 50.0 cm³/mol. The van der Waals surface area contributed by atoms with Gasteiger partial charge in [0.15, 0.2) is 0 Å². The number of carbonyl (C=O) groups is 1. The lowest BCUT2D eigenvalue weighted by atomic mass is 9.83. The van der Waals surface area contributed by atoms with Gasteiger partial charge < -0.3 is 5.11 Å². The van der Waals surface area contributed by atoms with Crippen molar-refractivity contribution in [2.45, 2.75) is 53.1 Å². The molecule has 0 aliphatic rings. The summed E-state index contributed by atoms with van der Waals surface area (Å²) in [6.07, 6.45) is 1.59. The molecule has 0 radical (unpaired) electrons. The van der Waals surface area contributed by atoms with E-state index in [1.165, 1.54) is 0 Å². The van der Waals surface area contributed by atoms with Crippen LogP contribution in [0.1, 0.15) is 47.0 Å². The number of aliphatic hydroxyl groups is 1. The molecule has 0 amide bonds. The number of Topliss-reactive ketones (excluding diaryl/α,β-unsaturated/α-hetero) is 1. The summed E-state index contributed by atoms with van der Waals surface area (Å²) in [7, 11) is 0. The van der Waals surface area contributed by atoms with E-state index in [-0.39, 0.29) is 17.3 Å². The molecule has 1 N–H and O–H groups in total. The molecular weight excluding hydrogens is 152 g/mol. The second kappa shape index (κ2) is 4.61. The molecule has 0 saturated heterocycles. The molecule has 0 heterocycles. The van der Waals surface area contributed by atoms with Crippen LogP contribution >= 0.6 is 0 Å². The third-order valence-corrected chi connectivity index (χ3v) is 2.43. The first-order valence-electron chi connectivity index (χ1n) is 4.61. The Morgan fingerprint density at radius 3 is 2.33 bits per heavy atom. The van der Waals surface area contributed by atoms with Crippen molar-refractivity contribution in [3.8, 4) is 0 Å². The topological polar surface area (TPSA) is 37.3 Å². The molecule has 2 heteroatoms. The molecule has 0 aliphatic carbocycles. The first-order chi connectivity index (χ1) is 5.40. The van der Waals surface area contributed by atoms with Crippen molar-refractivity contribution < 1.29 is 9.90 Å². The second-order valence-electron chi connectivity index (χ2n) is 4.05. The highest BCUT2D eigenvalue weighted by Gasteiger charge is 2.24. The van der Waals surface area contributed by atoms with Gasteiger partial charge in [-0.1, -0.05) is 20.8 Å². The Morgan fingerprint density at radius 2 is 2.00 bits per heavy atom. The molecule has 0 aromatic rings. The van der Waals surface area contributed by atoms with Crippen molar-refractivity contribution in [1.82, 2.24) is 0 Å². The van der Waals surface area contributed by atoms with Crippen LogP contribution in [0.15, 0.2) is 0 Å². The van der Waals surface area contributed by atoms with E-state index in [2.05, 4.69) is 0 Å². The minimum Gasteiger partial charge on any atom is -0.393 e. The highest BCUT2D eigenvalue weighted by atomic mass is 16.3. The summed E-state index contributed by atoms with van der Waals surface area (Å²) in [5.41, 5.74) is -0.213. The van der Waals surface area contributed by atoms with Crippen LogP contribution in [0, 0.1) is 5.41 Å². The molecule has 0 aliphatic heterocycles. The Bertz CT molecular complexity index is 148. The van der Waals surface area contributed by atoms with Crippen LogP contribution in [0.4, 0.5) is 0 Å². The molecule has 0 rings (SSSR count). The molecule has 12 heavy (non-hydrogen) atoms. The summed E-state index contributed by atoms with van der Waals surface area (Å²) < 4.78 is 0. The minimum atomic E-state index is -0.360. The van der Waals surface area contributed by atoms with Gasteiger partial charge in [0.05, 0.1) is 6.10 Å². The lowest BCUT2D eigenvalue weighted by molar-refractivity contribution is -0.127. The van der Waals surface area contributed by atoms with Crippen LogP contribution in [0.25, 0.3) is 0 Å². The summed E-state index contributed by atoms with van der Waals surface area (Å²) in [6, 6.07) is 0. The van der Waals surface area contributed by atoms with Crippen molar-refractivity contribution in [3.05, 3.63) is 0 Å². The maximum atomic E-state index is 11.5. The van der Waals surface area contributed by atoms with Gasteiger partial charge in [-0.05, 0) is 19.8 Å². The highest BCUT2D eigenvalue weighted by molar-refractivity contribution is 5.83. The standard InChI is InChI=1S/C10H20O2/c1-5-10(3,4)9(12)7-6-8(2)11/h8,11H,5-7H2,1-4H3. The van der Waals surface area contributed by atoms with Crippen LogP contribution in [-0.2, 0) is 4.79 Å². The van der Waals surface area contributed by atoms with E-state index in [1.54, 1.807) is 6.92 Å². The summed E-state index contributed by atoms with van der Waals surface area (Å²) >= 11 is 0. The van der Waals surface area contributed by atoms with Gasteiger partial charge in [-0.3, -0.25) is 4.79 Å². The number of rotatable bonds is 5. The van der Waals surface area contributed by atoms with Crippen LogP contribution in [0.3, 0.4) is 0 Å². The van der Waals surface area contributed by atoms with Gasteiger partial charge >= 0.3 is 0 Å². The van der Waals surface area contributed by atoms with E-state index in [1.807, 2.05) is 20.8 Å². The number of aliphatic hydroxyl groups excluding tert-OH is 1. The summed E-state index contributed by atoms with van der Waals surface area (Å²) in [6.45, 7) is 7.64. The van der Waals surface area contributed by atoms with Gasteiger partial charge in [0.25, 0.3) is 0 Å². The van der Waals surface area contributed by atoms with E-state index in [0.717, 1.165) is 6.42 Å². The normalized spacial score (nSPS) is 14.4. The lowest BCUT2D eigenvalue weighted by Crippen LogP contribution is -2.23. The van der Waals surface area contributed by atoms with E-state index in [0.29, 0.717) is 12.8 Å². The monoisotopic (exact) mass is 172 g/mol. The second-order valence-corrected chi connectivity index (χ2v) is 4.05. The predicted octanol–water partition coefficient (Wildman–Crippen LogP) is 2.15. The molecule has 0 aromatic carbocycles. The number of carbonyl (C=O) groups excluding carboxylic acids is 1. The Morgan fingerprint density at radius 1 is 1.50 bits per heavy atom. The van der Waals surface area contributed by atoms with Crippen LogP contribution in [0.5, 0.6) is 0 Å². The summed E-state index contributed by atoms with van der Waals surface area (Å²) in [5, 5.41) is 8.99. The van der Waals surface area contributed by atoms with Crippen molar-refractivity contribution in [3.63, 3.8) is 0 Å². The number of hydrogen-bond acceptors (Lipinski definition) is 2. The van der Waals surface area contributed by atoms with Crippen molar-refractivity contribution in [2.24, 2.45) is 5.41 Å². The molecular formula is C10H20O2. The van der Waals surface area contributed by atoms with Crippen molar-refractivity contribution in [2.75, 3.05) is 0 Å². The third-order valence-electron chi connectivity index (χ3n) is 2.43. The first-order valence-corrected chi connectivity index (χ1v) is 4.61. The molecule has 0 fully saturated rings. The van der Waals surface area contributed by atoms with Gasteiger partial charge in [0.2, 0.25) is 0 Å². The zero-order chi connectivity index (χ0) is 9.78. The molecule has 72 valence electrons. The van der Waals surface area contributed by atoms with E-state index in [9.17, 15) is 4.79 Å². The van der Waals surface area contributed by atoms with Gasteiger partial charge in [-0.15, -0.1) is 0 Å². The van der Waals surface area contributed by atoms with Crippen LogP contribution < -0.4 is 0 Å². The Balaban J connectivity index is 3.88. The molecule has 1 unspecified atom stereocenters. The Labute approximate surface area is 75.0 Å². The zero-order valence-electron chi connectivity index (χ0n) is 8.55. The molecule has 2 nitrogen and oxygen atoms in total. The van der Waals surface area contributed by atoms with Gasteiger partial charge in [0, 0.05) is 11.8 Å². The van der Waals surface area contributed by atoms with Gasteiger partial charge in [0.1, 0.15) is 5.78 Å². The molecule has 0 aromatic heterocycles. The molecule has 0 bridgehead atoms. The fourth-order valence-corrected chi connectivity index (χ4v) is 0.876. The average molecular weight is 172 g/mol. The van der Waals surface area contributed by atoms with Gasteiger partial charge in [-0.25, -0.2) is 0 Å². The SMILES string of the molecule is CCC(C)(C)C(=O)CCC(C)O. The highest BCUT2D eigenvalue weighted by Crippen LogP contribution is 2.23. The van der Waals surface area contributed by atoms with Crippen LogP contribution in [-0.4, -0.2) is 17.0 Å². The summed E-state index contributed by atoms with van der Waals surface area (Å²) in [4.78, 5) is 11.5. The van der Waals surface area contributed by atoms with Crippen molar-refractivity contribution >= 4 is 5.78 Å². The Kier molecular flexibility index (Phi) is 4.46. The van der Waals surface area contributed by atoms with E-state index < -0.39 is 0 Å². The first kappa shape index (κ1) is 11.6. The molecule has 0 saturated carbocycles. The summed E-state index contributed by atoms with van der Waals surface area (Å²) in [5.74, 6) is 0.255. The van der Waals surface area contributed by atoms with Crippen LogP contribution in [0.2, 0.25) is 0 Å². The fourth-order valence-electron chi connectivity index (χ4n) is 0.876. The smallest absolute Gasteiger partial charge is 0.138 e. The Hall–Kier alpha value is -0.370. The maximum absolute atomic E-state index is 11.5. The molecule has 1 atom stereocenters. The fraction of sp³-hybridized carbons (Fsp3) is 0.900. The average Bonchev–Trinajstić information content (AvgIpc) is 2.00. The van der Waals surface area contributed by atoms with Crippen molar-refractivity contribution in [1.29, 1.82) is 0 Å². The van der Waals surface area contributed by atoms with Gasteiger partial charge in [-0.2, -0.15) is 0 Å². The zero-order valence-corrected chi connectivity index (χ0v) is 8.55. The van der Waals surface area contributed by atoms with E-state index in [4.69, 9.17) is 5.11 Å². The number of ketones is 1. The number of hydrogen-bond donors (Lipinski definition) is 1. The largest absolute Gasteiger partial charge is 0.393 e. The quantitative estimate of drug-likeness (QED) is 0.690. The third kappa shape index (κ3) is 3.86.